The van der Waals surface area contributed by atoms with Crippen LogP contribution in [0, 0.1) is 0 Å². The summed E-state index contributed by atoms with van der Waals surface area (Å²) in [5, 5.41) is 8.93. The lowest BCUT2D eigenvalue weighted by Gasteiger charge is -2.28. The lowest BCUT2D eigenvalue weighted by molar-refractivity contribution is -0.137. The van der Waals surface area contributed by atoms with Gasteiger partial charge in [0.2, 0.25) is 5.90 Å². The summed E-state index contributed by atoms with van der Waals surface area (Å²) >= 11 is 3.54. The second kappa shape index (κ2) is 12.8. The molecule has 40 heavy (non-hydrogen) atoms. The lowest BCUT2D eigenvalue weighted by Crippen LogP contribution is -2.55. The number of amides is 1. The molecule has 0 radical (unpaired) electrons. The first-order chi connectivity index (χ1) is 19.1. The van der Waals surface area contributed by atoms with Crippen LogP contribution >= 0.6 is 15.9 Å². The molecule has 3 aromatic carbocycles. The summed E-state index contributed by atoms with van der Waals surface area (Å²) in [5.74, 6) is 0.427. The van der Waals surface area contributed by atoms with Crippen LogP contribution in [0.5, 0.6) is 5.75 Å². The van der Waals surface area contributed by atoms with Gasteiger partial charge in [-0.05, 0) is 54.4 Å². The van der Waals surface area contributed by atoms with Gasteiger partial charge in [0.1, 0.15) is 11.9 Å². The maximum atomic E-state index is 13.7. The van der Waals surface area contributed by atoms with Gasteiger partial charge in [-0.25, -0.2) is 10.4 Å². The Balaban J connectivity index is 1.56. The van der Waals surface area contributed by atoms with Crippen molar-refractivity contribution in [2.24, 2.45) is 4.99 Å². The van der Waals surface area contributed by atoms with Crippen molar-refractivity contribution >= 4 is 27.7 Å². The van der Waals surface area contributed by atoms with Crippen LogP contribution in [0.3, 0.4) is 0 Å². The Morgan fingerprint density at radius 1 is 1.12 bits per heavy atom. The molecule has 0 fully saturated rings. The average Bonchev–Trinajstić information content (AvgIpc) is 3.27. The normalized spacial score (nSPS) is 18.6. The highest BCUT2D eigenvalue weighted by Crippen LogP contribution is 2.34. The number of carbonyl (C=O) groups excluding carboxylic acids is 1. The molecule has 0 saturated carbocycles. The predicted octanol–water partition coefficient (Wildman–Crippen LogP) is 5.20. The summed E-state index contributed by atoms with van der Waals surface area (Å²) in [6.45, 7) is 2.15. The number of nitrogens with zero attached hydrogens (tertiary/aromatic N) is 1. The number of aliphatic imine (C=N–C) groups is 1. The summed E-state index contributed by atoms with van der Waals surface area (Å²) in [4.78, 5) is 18.5. The number of carbonyl (C=O) groups is 1. The van der Waals surface area contributed by atoms with E-state index < -0.39 is 29.3 Å². The summed E-state index contributed by atoms with van der Waals surface area (Å²) in [7, 11) is 0. The lowest BCUT2D eigenvalue weighted by atomic mass is 9.86. The van der Waals surface area contributed by atoms with E-state index in [1.165, 1.54) is 6.07 Å². The molecule has 0 bridgehead atoms. The second-order valence-corrected chi connectivity index (χ2v) is 10.2. The third-order valence-electron chi connectivity index (χ3n) is 6.49. The maximum absolute atomic E-state index is 13.7. The van der Waals surface area contributed by atoms with Gasteiger partial charge in [-0.3, -0.25) is 10.2 Å². The van der Waals surface area contributed by atoms with Crippen LogP contribution in [0.25, 0.3) is 0 Å². The number of aliphatic hydroxyl groups is 1. The Hall–Kier alpha value is -3.41. The third-order valence-corrected chi connectivity index (χ3v) is 7.27. The first kappa shape index (κ1) is 29.6. The number of halogens is 4. The smallest absolute Gasteiger partial charge is 0.416 e. The standard InChI is InChI=1S/C29H29BrF3N3O4/c1-19-28(17-22-7-2-3-9-25(22)30,27(38)36-34-18-20-6-4-8-23(16-20)29(31,32)33)35-26(40-19)21-10-12-24(13-11-21)39-15-5-14-37/h2-4,6-13,16,19,34,37H,5,14-15,17-18H2,1H3,(H,36,38)/t19-,28-/m0/s1. The van der Waals surface area contributed by atoms with Gasteiger partial charge in [0.15, 0.2) is 5.54 Å². The Labute approximate surface area is 238 Å². The number of ether oxygens (including phenoxy) is 2. The fourth-order valence-corrected chi connectivity index (χ4v) is 4.69. The number of nitrogens with one attached hydrogen (secondary N) is 2. The zero-order valence-electron chi connectivity index (χ0n) is 21.7. The zero-order valence-corrected chi connectivity index (χ0v) is 23.3. The van der Waals surface area contributed by atoms with Crippen molar-refractivity contribution in [3.8, 4) is 5.75 Å². The van der Waals surface area contributed by atoms with E-state index in [1.807, 2.05) is 24.3 Å². The number of rotatable bonds is 11. The van der Waals surface area contributed by atoms with Crippen molar-refractivity contribution in [1.29, 1.82) is 0 Å². The molecule has 1 aliphatic rings. The van der Waals surface area contributed by atoms with E-state index in [9.17, 15) is 18.0 Å². The molecule has 3 aromatic rings. The molecule has 0 saturated heterocycles. The van der Waals surface area contributed by atoms with Crippen LogP contribution < -0.4 is 15.6 Å². The minimum Gasteiger partial charge on any atom is -0.494 e. The van der Waals surface area contributed by atoms with Gasteiger partial charge in [0.25, 0.3) is 5.91 Å². The van der Waals surface area contributed by atoms with E-state index in [2.05, 4.69) is 26.8 Å². The first-order valence-electron chi connectivity index (χ1n) is 12.7. The zero-order chi connectivity index (χ0) is 28.8. The molecule has 2 atom stereocenters. The van der Waals surface area contributed by atoms with Gasteiger partial charge in [0, 0.05) is 36.0 Å². The third kappa shape index (κ3) is 7.01. The van der Waals surface area contributed by atoms with E-state index in [1.54, 1.807) is 37.3 Å². The minimum absolute atomic E-state index is 0.0235. The molecule has 212 valence electrons. The summed E-state index contributed by atoms with van der Waals surface area (Å²) in [6.07, 6.45) is -4.40. The predicted molar refractivity (Wildman–Crippen MR) is 148 cm³/mol. The van der Waals surface area contributed by atoms with Gasteiger partial charge in [0.05, 0.1) is 12.2 Å². The van der Waals surface area contributed by atoms with Crippen molar-refractivity contribution < 1.29 is 32.5 Å². The monoisotopic (exact) mass is 619 g/mol. The molecule has 3 N–H and O–H groups in total. The van der Waals surface area contributed by atoms with Crippen molar-refractivity contribution in [3.05, 3.63) is 99.5 Å². The van der Waals surface area contributed by atoms with E-state index in [0.717, 1.165) is 22.2 Å². The SMILES string of the molecule is C[C@@H]1OC(c2ccc(OCCCO)cc2)=N[C@]1(Cc1ccccc1Br)C(=O)NNCc1cccc(C(F)(F)F)c1. The molecule has 11 heteroatoms. The fraction of sp³-hybridized carbons (Fsp3) is 0.310. The molecule has 0 unspecified atom stereocenters. The van der Waals surface area contributed by atoms with Crippen molar-refractivity contribution in [3.63, 3.8) is 0 Å². The average molecular weight is 620 g/mol. The maximum Gasteiger partial charge on any atom is 0.416 e. The van der Waals surface area contributed by atoms with Crippen LogP contribution in [0.2, 0.25) is 0 Å². The van der Waals surface area contributed by atoms with Gasteiger partial charge in [-0.2, -0.15) is 13.2 Å². The molecular weight excluding hydrogens is 591 g/mol. The van der Waals surface area contributed by atoms with Gasteiger partial charge in [-0.15, -0.1) is 0 Å². The number of hydrazine groups is 1. The number of aliphatic hydroxyl groups excluding tert-OH is 1. The Morgan fingerprint density at radius 3 is 2.58 bits per heavy atom. The van der Waals surface area contributed by atoms with Crippen LogP contribution in [0.4, 0.5) is 13.2 Å². The topological polar surface area (TPSA) is 92.2 Å². The van der Waals surface area contributed by atoms with Crippen molar-refractivity contribution in [2.45, 2.75) is 44.1 Å². The molecule has 0 aliphatic carbocycles. The highest BCUT2D eigenvalue weighted by molar-refractivity contribution is 9.10. The van der Waals surface area contributed by atoms with Crippen LogP contribution in [0.15, 0.2) is 82.3 Å². The van der Waals surface area contributed by atoms with Gasteiger partial charge in [-0.1, -0.05) is 52.3 Å². The Bertz CT molecular complexity index is 1350. The van der Waals surface area contributed by atoms with Crippen molar-refractivity contribution in [2.75, 3.05) is 13.2 Å². The summed E-state index contributed by atoms with van der Waals surface area (Å²) in [6, 6.07) is 19.4. The molecule has 0 aromatic heterocycles. The summed E-state index contributed by atoms with van der Waals surface area (Å²) in [5.41, 5.74) is 5.11. The molecular formula is C29H29BrF3N3O4. The van der Waals surface area contributed by atoms with E-state index >= 15 is 0 Å². The van der Waals surface area contributed by atoms with Crippen LogP contribution in [-0.2, 0) is 28.7 Å². The molecule has 7 nitrogen and oxygen atoms in total. The first-order valence-corrected chi connectivity index (χ1v) is 13.4. The van der Waals surface area contributed by atoms with E-state index in [-0.39, 0.29) is 25.5 Å². The van der Waals surface area contributed by atoms with Gasteiger partial charge >= 0.3 is 6.18 Å². The minimum atomic E-state index is -4.46. The highest BCUT2D eigenvalue weighted by Gasteiger charge is 2.50. The van der Waals surface area contributed by atoms with Crippen molar-refractivity contribution in [1.82, 2.24) is 10.9 Å². The van der Waals surface area contributed by atoms with Crippen LogP contribution in [0.1, 0.15) is 35.6 Å². The highest BCUT2D eigenvalue weighted by atomic mass is 79.9. The molecule has 1 heterocycles. The molecule has 1 aliphatic heterocycles. The number of hydrogen-bond donors (Lipinski definition) is 3. The number of hydrogen-bond acceptors (Lipinski definition) is 6. The quantitative estimate of drug-likeness (QED) is 0.203. The van der Waals surface area contributed by atoms with Gasteiger partial charge < -0.3 is 14.6 Å². The Morgan fingerprint density at radius 2 is 1.88 bits per heavy atom. The molecule has 4 rings (SSSR count). The van der Waals surface area contributed by atoms with E-state index in [4.69, 9.17) is 19.6 Å². The molecule has 1 amide bonds. The van der Waals surface area contributed by atoms with Crippen LogP contribution in [-0.4, -0.2) is 41.8 Å². The molecule has 0 spiro atoms. The second-order valence-electron chi connectivity index (χ2n) is 9.33. The fourth-order valence-electron chi connectivity index (χ4n) is 4.27. The summed E-state index contributed by atoms with van der Waals surface area (Å²) < 4.78 is 51.7. The Kier molecular flexibility index (Phi) is 9.49. The number of benzene rings is 3. The van der Waals surface area contributed by atoms with E-state index in [0.29, 0.717) is 29.9 Å². The largest absolute Gasteiger partial charge is 0.494 e. The number of alkyl halides is 3.